The lowest BCUT2D eigenvalue weighted by atomic mass is 9.65. The van der Waals surface area contributed by atoms with Crippen LogP contribution >= 0.6 is 0 Å². The fourth-order valence-electron chi connectivity index (χ4n) is 3.17. The van der Waals surface area contributed by atoms with Crippen LogP contribution in [0.15, 0.2) is 0 Å². The average Bonchev–Trinajstić information content (AvgIpc) is 2.54. The second-order valence-electron chi connectivity index (χ2n) is 4.79. The third-order valence-electron chi connectivity index (χ3n) is 4.09. The van der Waals surface area contributed by atoms with Crippen LogP contribution in [0.2, 0.25) is 0 Å². The third kappa shape index (κ3) is 1.32. The summed E-state index contributed by atoms with van der Waals surface area (Å²) in [4.78, 5) is 23.8. The summed E-state index contributed by atoms with van der Waals surface area (Å²) in [6.07, 6.45) is 3.42. The highest BCUT2D eigenvalue weighted by molar-refractivity contribution is 5.98. The van der Waals surface area contributed by atoms with E-state index in [0.717, 1.165) is 12.8 Å². The molecule has 0 aliphatic heterocycles. The van der Waals surface area contributed by atoms with Gasteiger partial charge < -0.3 is 9.84 Å². The van der Waals surface area contributed by atoms with Crippen LogP contribution in [0.4, 0.5) is 0 Å². The SMILES string of the molecule is CCOC(=O)[C@@]12CCCC[C@]1(O)C(=O)CC2. The van der Waals surface area contributed by atoms with Crippen molar-refractivity contribution in [3.05, 3.63) is 0 Å². The van der Waals surface area contributed by atoms with Crippen molar-refractivity contribution in [1.82, 2.24) is 0 Å². The molecular weight excluding hydrogens is 208 g/mol. The number of fused-ring (bicyclic) bond motifs is 1. The number of ketones is 1. The van der Waals surface area contributed by atoms with E-state index in [2.05, 4.69) is 0 Å². The molecular formula is C12H18O4. The second kappa shape index (κ2) is 3.84. The van der Waals surface area contributed by atoms with Gasteiger partial charge in [0, 0.05) is 6.42 Å². The minimum Gasteiger partial charge on any atom is -0.465 e. The highest BCUT2D eigenvalue weighted by atomic mass is 16.5. The molecule has 90 valence electrons. The number of hydrogen-bond acceptors (Lipinski definition) is 4. The van der Waals surface area contributed by atoms with Crippen molar-refractivity contribution in [2.45, 2.75) is 51.0 Å². The molecule has 2 atom stereocenters. The Kier molecular flexibility index (Phi) is 2.78. The van der Waals surface area contributed by atoms with Crippen molar-refractivity contribution < 1.29 is 19.4 Å². The maximum Gasteiger partial charge on any atom is 0.315 e. The van der Waals surface area contributed by atoms with E-state index in [1.165, 1.54) is 0 Å². The molecule has 0 saturated heterocycles. The number of aliphatic hydroxyl groups is 1. The quantitative estimate of drug-likeness (QED) is 0.719. The van der Waals surface area contributed by atoms with Gasteiger partial charge in [-0.2, -0.15) is 0 Å². The zero-order valence-electron chi connectivity index (χ0n) is 9.62. The zero-order valence-corrected chi connectivity index (χ0v) is 9.62. The second-order valence-corrected chi connectivity index (χ2v) is 4.79. The summed E-state index contributed by atoms with van der Waals surface area (Å²) in [5, 5.41) is 10.5. The first kappa shape index (κ1) is 11.6. The fourth-order valence-corrected chi connectivity index (χ4v) is 3.17. The highest BCUT2D eigenvalue weighted by Gasteiger charge is 2.65. The van der Waals surface area contributed by atoms with Gasteiger partial charge in [-0.1, -0.05) is 12.8 Å². The van der Waals surface area contributed by atoms with Crippen LogP contribution in [0.25, 0.3) is 0 Å². The topological polar surface area (TPSA) is 63.6 Å². The fraction of sp³-hybridized carbons (Fsp3) is 0.833. The van der Waals surface area contributed by atoms with E-state index >= 15 is 0 Å². The van der Waals surface area contributed by atoms with Crippen molar-refractivity contribution in [2.75, 3.05) is 6.61 Å². The van der Waals surface area contributed by atoms with E-state index in [9.17, 15) is 14.7 Å². The number of esters is 1. The first-order valence-corrected chi connectivity index (χ1v) is 6.00. The minimum absolute atomic E-state index is 0.180. The molecule has 0 spiro atoms. The Morgan fingerprint density at radius 3 is 2.75 bits per heavy atom. The number of Topliss-reactive ketones (excluding diaryl/α,β-unsaturated/α-hetero) is 1. The number of ether oxygens (including phenoxy) is 1. The van der Waals surface area contributed by atoms with E-state index in [-0.39, 0.29) is 11.8 Å². The molecule has 0 aromatic heterocycles. The Hall–Kier alpha value is -0.900. The summed E-state index contributed by atoms with van der Waals surface area (Å²) in [5.41, 5.74) is -2.39. The average molecular weight is 226 g/mol. The van der Waals surface area contributed by atoms with Gasteiger partial charge in [-0.25, -0.2) is 0 Å². The monoisotopic (exact) mass is 226 g/mol. The number of carbonyl (C=O) groups excluding carboxylic acids is 2. The molecule has 0 aromatic carbocycles. The lowest BCUT2D eigenvalue weighted by molar-refractivity contribution is -0.180. The Bertz CT molecular complexity index is 325. The summed E-state index contributed by atoms with van der Waals surface area (Å²) in [6, 6.07) is 0. The predicted octanol–water partition coefficient (Wildman–Crippen LogP) is 1.20. The zero-order chi connectivity index (χ0) is 11.8. The lowest BCUT2D eigenvalue weighted by Crippen LogP contribution is -2.55. The van der Waals surface area contributed by atoms with Gasteiger partial charge in [0.25, 0.3) is 0 Å². The van der Waals surface area contributed by atoms with Crippen molar-refractivity contribution >= 4 is 11.8 Å². The Morgan fingerprint density at radius 2 is 2.06 bits per heavy atom. The maximum absolute atomic E-state index is 12.0. The van der Waals surface area contributed by atoms with Crippen LogP contribution in [0.3, 0.4) is 0 Å². The molecule has 2 saturated carbocycles. The normalized spacial score (nSPS) is 38.2. The largest absolute Gasteiger partial charge is 0.465 e. The molecule has 1 N–H and O–H groups in total. The van der Waals surface area contributed by atoms with Gasteiger partial charge in [0.1, 0.15) is 11.0 Å². The molecule has 0 aromatic rings. The third-order valence-corrected chi connectivity index (χ3v) is 4.09. The highest BCUT2D eigenvalue weighted by Crippen LogP contribution is 2.54. The molecule has 4 heteroatoms. The smallest absolute Gasteiger partial charge is 0.315 e. The minimum atomic E-state index is -1.45. The molecule has 0 unspecified atom stereocenters. The summed E-state index contributed by atoms with van der Waals surface area (Å²) < 4.78 is 5.05. The molecule has 0 bridgehead atoms. The summed E-state index contributed by atoms with van der Waals surface area (Å²) in [6.45, 7) is 2.04. The molecule has 2 aliphatic rings. The van der Waals surface area contributed by atoms with Gasteiger partial charge in [-0.3, -0.25) is 9.59 Å². The Morgan fingerprint density at radius 1 is 1.38 bits per heavy atom. The van der Waals surface area contributed by atoms with Crippen LogP contribution in [-0.4, -0.2) is 29.1 Å². The predicted molar refractivity (Wildman–Crippen MR) is 56.7 cm³/mol. The van der Waals surface area contributed by atoms with Gasteiger partial charge >= 0.3 is 5.97 Å². The van der Waals surface area contributed by atoms with E-state index in [1.807, 2.05) is 0 Å². The van der Waals surface area contributed by atoms with Crippen LogP contribution in [-0.2, 0) is 14.3 Å². The van der Waals surface area contributed by atoms with Crippen molar-refractivity contribution in [2.24, 2.45) is 5.41 Å². The standard InChI is InChI=1S/C12H18O4/c1-2-16-10(14)11-6-3-4-7-12(11,15)9(13)5-8-11/h15H,2-8H2,1H3/t11-,12-/m0/s1. The van der Waals surface area contributed by atoms with Gasteiger partial charge in [0.2, 0.25) is 0 Å². The number of rotatable bonds is 2. The van der Waals surface area contributed by atoms with Crippen molar-refractivity contribution in [3.8, 4) is 0 Å². The molecule has 0 amide bonds. The molecule has 2 fully saturated rings. The van der Waals surface area contributed by atoms with E-state index < -0.39 is 11.0 Å². The number of hydrogen-bond donors (Lipinski definition) is 1. The van der Waals surface area contributed by atoms with Crippen LogP contribution in [0.1, 0.15) is 45.4 Å². The first-order chi connectivity index (χ1) is 7.57. The molecule has 0 radical (unpaired) electrons. The maximum atomic E-state index is 12.0. The van der Waals surface area contributed by atoms with Crippen molar-refractivity contribution in [3.63, 3.8) is 0 Å². The van der Waals surface area contributed by atoms with E-state index in [4.69, 9.17) is 4.74 Å². The molecule has 2 rings (SSSR count). The first-order valence-electron chi connectivity index (χ1n) is 6.00. The number of carbonyl (C=O) groups is 2. The lowest BCUT2D eigenvalue weighted by Gasteiger charge is -2.42. The Labute approximate surface area is 95.0 Å². The van der Waals surface area contributed by atoms with Crippen LogP contribution in [0, 0.1) is 5.41 Å². The molecule has 2 aliphatic carbocycles. The van der Waals surface area contributed by atoms with Crippen LogP contribution < -0.4 is 0 Å². The van der Waals surface area contributed by atoms with Crippen molar-refractivity contribution in [1.29, 1.82) is 0 Å². The van der Waals surface area contributed by atoms with E-state index in [0.29, 0.717) is 32.3 Å². The Balaban J connectivity index is 2.35. The van der Waals surface area contributed by atoms with E-state index in [1.54, 1.807) is 6.92 Å². The van der Waals surface area contributed by atoms with Gasteiger partial charge in [-0.15, -0.1) is 0 Å². The van der Waals surface area contributed by atoms with Gasteiger partial charge in [0.05, 0.1) is 6.61 Å². The molecule has 0 heterocycles. The summed E-state index contributed by atoms with van der Waals surface area (Å²) >= 11 is 0. The summed E-state index contributed by atoms with van der Waals surface area (Å²) in [7, 11) is 0. The van der Waals surface area contributed by atoms with Gasteiger partial charge in [0.15, 0.2) is 5.78 Å². The van der Waals surface area contributed by atoms with Crippen LogP contribution in [0.5, 0.6) is 0 Å². The summed E-state index contributed by atoms with van der Waals surface area (Å²) in [5.74, 6) is -0.566. The molecule has 16 heavy (non-hydrogen) atoms. The molecule has 4 nitrogen and oxygen atoms in total. The van der Waals surface area contributed by atoms with Gasteiger partial charge in [-0.05, 0) is 26.2 Å².